The van der Waals surface area contributed by atoms with Crippen LogP contribution in [-0.4, -0.2) is 26.8 Å². The van der Waals surface area contributed by atoms with E-state index < -0.39 is 5.60 Å². The van der Waals surface area contributed by atoms with Gasteiger partial charge in [-0.2, -0.15) is 0 Å². The third-order valence-electron chi connectivity index (χ3n) is 7.23. The van der Waals surface area contributed by atoms with E-state index >= 15 is 0 Å². The largest absolute Gasteiger partial charge is 0.481 e. The van der Waals surface area contributed by atoms with Crippen molar-refractivity contribution in [3.63, 3.8) is 0 Å². The van der Waals surface area contributed by atoms with Crippen LogP contribution < -0.4 is 4.74 Å². The molecule has 0 fully saturated rings. The van der Waals surface area contributed by atoms with E-state index in [9.17, 15) is 5.11 Å². The smallest absolute Gasteiger partial charge is 0.218 e. The molecule has 0 amide bonds. The fourth-order valence-electron chi connectivity index (χ4n) is 5.08. The summed E-state index contributed by atoms with van der Waals surface area (Å²) in [5, 5.41) is 14.3. The number of aromatic nitrogens is 3. The second-order valence-corrected chi connectivity index (χ2v) is 10.9. The molecule has 0 aliphatic heterocycles. The Morgan fingerprint density at radius 1 is 0.829 bits per heavy atom. The number of pyridine rings is 2. The van der Waals surface area contributed by atoms with Gasteiger partial charge in [0.1, 0.15) is 5.60 Å². The highest BCUT2D eigenvalue weighted by atomic mass is 35.5. The van der Waals surface area contributed by atoms with E-state index in [4.69, 9.17) is 44.5 Å². The molecule has 3 aromatic heterocycles. The average molecular weight is 601 g/mol. The third kappa shape index (κ3) is 5.07. The lowest BCUT2D eigenvalue weighted by molar-refractivity contribution is 0.125. The molecule has 5 nitrogen and oxygen atoms in total. The van der Waals surface area contributed by atoms with Gasteiger partial charge in [-0.15, -0.1) is 0 Å². The summed E-state index contributed by atoms with van der Waals surface area (Å²) in [5.41, 5.74) is 3.62. The maximum Gasteiger partial charge on any atom is 0.218 e. The summed E-state index contributed by atoms with van der Waals surface area (Å²) in [6.45, 7) is 0. The molecule has 1 unspecified atom stereocenters. The number of hydrogen-bond donors (Lipinski definition) is 1. The van der Waals surface area contributed by atoms with Crippen LogP contribution in [0.15, 0.2) is 110 Å². The first kappa shape index (κ1) is 27.3. The second-order valence-electron chi connectivity index (χ2n) is 9.66. The predicted molar refractivity (Wildman–Crippen MR) is 165 cm³/mol. The van der Waals surface area contributed by atoms with Gasteiger partial charge in [0.05, 0.1) is 27.7 Å². The summed E-state index contributed by atoms with van der Waals surface area (Å²) in [6, 6.07) is 26.4. The molecule has 41 heavy (non-hydrogen) atoms. The summed E-state index contributed by atoms with van der Waals surface area (Å²) in [4.78, 5) is 9.01. The fraction of sp³-hybridized carbons (Fsp3) is 0.0909. The molecule has 0 aliphatic carbocycles. The van der Waals surface area contributed by atoms with Gasteiger partial charge in [-0.1, -0.05) is 65.1 Å². The number of halogens is 3. The van der Waals surface area contributed by atoms with Crippen LogP contribution in [0.3, 0.4) is 0 Å². The van der Waals surface area contributed by atoms with Crippen molar-refractivity contribution < 1.29 is 9.84 Å². The minimum absolute atomic E-state index is 0.335. The number of fused-ring (bicyclic) bond motifs is 1. The Labute approximate surface area is 252 Å². The normalized spacial score (nSPS) is 12.8. The number of rotatable bonds is 7. The molecule has 1 N–H and O–H groups in total. The van der Waals surface area contributed by atoms with Gasteiger partial charge in [0, 0.05) is 53.4 Å². The quantitative estimate of drug-likeness (QED) is 0.200. The van der Waals surface area contributed by atoms with Crippen LogP contribution in [0, 0.1) is 0 Å². The van der Waals surface area contributed by atoms with Crippen LogP contribution in [0.2, 0.25) is 15.1 Å². The molecule has 8 heteroatoms. The lowest BCUT2D eigenvalue weighted by Crippen LogP contribution is -2.29. The molecule has 3 aromatic carbocycles. The summed E-state index contributed by atoms with van der Waals surface area (Å²) < 4.78 is 7.71. The first-order chi connectivity index (χ1) is 19.9. The van der Waals surface area contributed by atoms with Gasteiger partial charge in [-0.05, 0) is 71.3 Å². The first-order valence-electron chi connectivity index (χ1n) is 12.9. The Kier molecular flexibility index (Phi) is 7.45. The topological polar surface area (TPSA) is 60.2 Å². The molecule has 0 bridgehead atoms. The molecule has 204 valence electrons. The zero-order chi connectivity index (χ0) is 28.6. The molecule has 0 radical (unpaired) electrons. The number of methoxy groups -OCH3 is 1. The Balaban J connectivity index is 1.47. The number of aliphatic hydroxyl groups is 1. The van der Waals surface area contributed by atoms with Crippen LogP contribution >= 0.6 is 34.8 Å². The van der Waals surface area contributed by atoms with Crippen LogP contribution in [0.1, 0.15) is 27.8 Å². The monoisotopic (exact) mass is 599 g/mol. The zero-order valence-corrected chi connectivity index (χ0v) is 24.2. The molecule has 3 heterocycles. The lowest BCUT2D eigenvalue weighted by atomic mass is 9.80. The molecule has 1 atom stereocenters. The van der Waals surface area contributed by atoms with E-state index in [1.165, 1.54) is 0 Å². The Hall–Kier alpha value is -3.87. The van der Waals surface area contributed by atoms with Crippen molar-refractivity contribution in [1.82, 2.24) is 14.5 Å². The molecular weight excluding hydrogens is 577 g/mol. The van der Waals surface area contributed by atoms with Gasteiger partial charge < -0.3 is 14.4 Å². The van der Waals surface area contributed by atoms with Crippen molar-refractivity contribution in [2.24, 2.45) is 0 Å². The lowest BCUT2D eigenvalue weighted by Gasteiger charge is -2.30. The van der Waals surface area contributed by atoms with Crippen molar-refractivity contribution in [2.45, 2.75) is 12.0 Å². The Bertz CT molecular complexity index is 1840. The van der Waals surface area contributed by atoms with E-state index in [1.54, 1.807) is 43.8 Å². The van der Waals surface area contributed by atoms with Crippen LogP contribution in [-0.2, 0) is 12.0 Å². The maximum atomic E-state index is 12.4. The van der Waals surface area contributed by atoms with Gasteiger partial charge in [-0.3, -0.25) is 4.98 Å². The third-order valence-corrected chi connectivity index (χ3v) is 8.40. The number of ether oxygens (including phenoxy) is 1. The SMILES string of the molecule is COc1nc2ccc(C(O)(c3cccnc3)c3ccc(Cl)c(Cl)c3)cc2c(Cl)c1Cc1ccc(-n2cccc2)cc1. The van der Waals surface area contributed by atoms with E-state index in [1.807, 2.05) is 53.4 Å². The molecule has 0 spiro atoms. The Morgan fingerprint density at radius 3 is 2.24 bits per heavy atom. The van der Waals surface area contributed by atoms with Crippen molar-refractivity contribution in [1.29, 1.82) is 0 Å². The number of benzene rings is 3. The number of nitrogens with zero attached hydrogens (tertiary/aromatic N) is 3. The van der Waals surface area contributed by atoms with Gasteiger partial charge in [0.25, 0.3) is 0 Å². The van der Waals surface area contributed by atoms with E-state index in [0.29, 0.717) is 55.0 Å². The summed E-state index contributed by atoms with van der Waals surface area (Å²) in [7, 11) is 1.59. The highest BCUT2D eigenvalue weighted by Crippen LogP contribution is 2.42. The molecular formula is C33H24Cl3N3O2. The fourth-order valence-corrected chi connectivity index (χ4v) is 5.68. The standard InChI is InChI=1S/C33H24Cl3N3O2/c1-41-32-27(17-21-6-10-25(11-7-21)39-15-2-3-16-39)31(36)26-18-22(9-13-30(26)38-32)33(40,24-5-4-14-37-20-24)23-8-12-28(34)29(35)19-23/h2-16,18-20,40H,17H2,1H3. The van der Waals surface area contributed by atoms with Crippen molar-refractivity contribution in [3.05, 3.63) is 153 Å². The highest BCUT2D eigenvalue weighted by molar-refractivity contribution is 6.42. The van der Waals surface area contributed by atoms with Gasteiger partial charge in [0.2, 0.25) is 5.88 Å². The Morgan fingerprint density at radius 2 is 1.56 bits per heavy atom. The van der Waals surface area contributed by atoms with E-state index in [0.717, 1.165) is 16.8 Å². The summed E-state index contributed by atoms with van der Waals surface area (Å²) in [6.07, 6.45) is 7.81. The molecule has 0 aliphatic rings. The predicted octanol–water partition coefficient (Wildman–Crippen LogP) is 8.26. The average Bonchev–Trinajstić information content (AvgIpc) is 3.55. The molecule has 6 aromatic rings. The van der Waals surface area contributed by atoms with Gasteiger partial charge in [0.15, 0.2) is 0 Å². The number of hydrogen-bond acceptors (Lipinski definition) is 4. The van der Waals surface area contributed by atoms with Crippen LogP contribution in [0.4, 0.5) is 0 Å². The van der Waals surface area contributed by atoms with Gasteiger partial charge in [-0.25, -0.2) is 4.98 Å². The first-order valence-corrected chi connectivity index (χ1v) is 14.0. The molecule has 6 rings (SSSR count). The van der Waals surface area contributed by atoms with Crippen molar-refractivity contribution >= 4 is 45.7 Å². The minimum Gasteiger partial charge on any atom is -0.481 e. The van der Waals surface area contributed by atoms with Crippen molar-refractivity contribution in [2.75, 3.05) is 7.11 Å². The summed E-state index contributed by atoms with van der Waals surface area (Å²) in [5.74, 6) is 0.455. The minimum atomic E-state index is -1.59. The van der Waals surface area contributed by atoms with E-state index in [-0.39, 0.29) is 0 Å². The highest BCUT2D eigenvalue weighted by Gasteiger charge is 2.35. The van der Waals surface area contributed by atoms with Crippen molar-refractivity contribution in [3.8, 4) is 11.6 Å². The van der Waals surface area contributed by atoms with Crippen LogP contribution in [0.25, 0.3) is 16.6 Å². The van der Waals surface area contributed by atoms with E-state index in [2.05, 4.69) is 29.2 Å². The van der Waals surface area contributed by atoms with Gasteiger partial charge >= 0.3 is 0 Å². The zero-order valence-electron chi connectivity index (χ0n) is 21.9. The van der Waals surface area contributed by atoms with Crippen LogP contribution in [0.5, 0.6) is 5.88 Å². The molecule has 0 saturated carbocycles. The second kappa shape index (κ2) is 11.2. The molecule has 0 saturated heterocycles. The summed E-state index contributed by atoms with van der Waals surface area (Å²) >= 11 is 19.7. The maximum absolute atomic E-state index is 12.4.